The molecule has 1 aliphatic heterocycles. The van der Waals surface area contributed by atoms with Gasteiger partial charge in [0, 0.05) is 0 Å². The molecule has 1 heterocycles. The van der Waals surface area contributed by atoms with E-state index in [9.17, 15) is 14.4 Å². The van der Waals surface area contributed by atoms with E-state index >= 15 is 0 Å². The van der Waals surface area contributed by atoms with Gasteiger partial charge in [-0.15, -0.1) is 0 Å². The van der Waals surface area contributed by atoms with Crippen molar-refractivity contribution in [1.29, 1.82) is 0 Å². The number of carbonyl (C=O) groups excluding carboxylic acids is 3. The van der Waals surface area contributed by atoms with Gasteiger partial charge in [0.05, 0.1) is 6.54 Å². The van der Waals surface area contributed by atoms with Gasteiger partial charge in [-0.1, -0.05) is 42.5 Å². The quantitative estimate of drug-likeness (QED) is 0.658. The van der Waals surface area contributed by atoms with Crippen molar-refractivity contribution in [3.8, 4) is 0 Å². The third-order valence-electron chi connectivity index (χ3n) is 2.81. The number of hydrogen-bond acceptors (Lipinski definition) is 3. The number of carbonyl (C=O) groups is 3. The van der Waals surface area contributed by atoms with E-state index in [-0.39, 0.29) is 6.54 Å². The lowest BCUT2D eigenvalue weighted by Crippen LogP contribution is -2.57. The fourth-order valence-corrected chi connectivity index (χ4v) is 1.97. The van der Waals surface area contributed by atoms with E-state index < -0.39 is 23.8 Å². The van der Waals surface area contributed by atoms with Crippen molar-refractivity contribution in [3.63, 3.8) is 0 Å². The van der Waals surface area contributed by atoms with Gasteiger partial charge in [-0.3, -0.25) is 19.8 Å². The molecule has 0 radical (unpaired) electrons. The zero-order valence-electron chi connectivity index (χ0n) is 10.6. The highest BCUT2D eigenvalue weighted by Crippen LogP contribution is 2.22. The van der Waals surface area contributed by atoms with Crippen LogP contribution in [0.3, 0.4) is 0 Å². The van der Waals surface area contributed by atoms with Gasteiger partial charge in [-0.25, -0.2) is 4.79 Å². The summed E-state index contributed by atoms with van der Waals surface area (Å²) in [6, 6.07) is 7.98. The molecule has 1 saturated heterocycles. The Bertz CT molecular complexity index is 551. The SMILES string of the molecule is C=C(C)CN1C(=O)NC(=O)C(c2ccccc2)C1=O. The molecule has 5 heteroatoms. The van der Waals surface area contributed by atoms with Crippen LogP contribution in [0, 0.1) is 0 Å². The molecule has 0 bridgehead atoms. The van der Waals surface area contributed by atoms with E-state index in [4.69, 9.17) is 0 Å². The predicted octanol–water partition coefficient (Wildman–Crippen LogP) is 1.42. The molecule has 4 amide bonds. The Labute approximate surface area is 110 Å². The fourth-order valence-electron chi connectivity index (χ4n) is 1.97. The Morgan fingerprint density at radius 2 is 1.89 bits per heavy atom. The summed E-state index contributed by atoms with van der Waals surface area (Å²) in [6.07, 6.45) is 0. The van der Waals surface area contributed by atoms with Crippen LogP contribution in [0.5, 0.6) is 0 Å². The number of nitrogens with one attached hydrogen (secondary N) is 1. The number of urea groups is 1. The van der Waals surface area contributed by atoms with Crippen LogP contribution < -0.4 is 5.32 Å². The molecule has 0 aliphatic carbocycles. The minimum Gasteiger partial charge on any atom is -0.277 e. The van der Waals surface area contributed by atoms with Gasteiger partial charge < -0.3 is 0 Å². The second-order valence-electron chi connectivity index (χ2n) is 4.52. The Kier molecular flexibility index (Phi) is 3.46. The number of imide groups is 2. The summed E-state index contributed by atoms with van der Waals surface area (Å²) in [5, 5.41) is 2.20. The molecule has 1 aliphatic rings. The number of nitrogens with zero attached hydrogens (tertiary/aromatic N) is 1. The summed E-state index contributed by atoms with van der Waals surface area (Å²) >= 11 is 0. The van der Waals surface area contributed by atoms with E-state index in [1.807, 2.05) is 0 Å². The lowest BCUT2D eigenvalue weighted by Gasteiger charge is -2.30. The largest absolute Gasteiger partial charge is 0.331 e. The minimum absolute atomic E-state index is 0.112. The number of amides is 4. The molecule has 5 nitrogen and oxygen atoms in total. The van der Waals surface area contributed by atoms with Gasteiger partial charge in [0.2, 0.25) is 11.8 Å². The standard InChI is InChI=1S/C14H14N2O3/c1-9(2)8-16-13(18)11(12(17)15-14(16)19)10-6-4-3-5-7-10/h3-7,11H,1,8H2,2H3,(H,15,17,19). The highest BCUT2D eigenvalue weighted by atomic mass is 16.2. The first kappa shape index (κ1) is 13.0. The van der Waals surface area contributed by atoms with Gasteiger partial charge >= 0.3 is 6.03 Å². The van der Waals surface area contributed by atoms with Gasteiger partial charge in [-0.05, 0) is 12.5 Å². The molecule has 1 unspecified atom stereocenters. The first-order valence-corrected chi connectivity index (χ1v) is 5.86. The topological polar surface area (TPSA) is 66.5 Å². The maximum atomic E-state index is 12.3. The summed E-state index contributed by atoms with van der Waals surface area (Å²) in [5.74, 6) is -2.07. The zero-order chi connectivity index (χ0) is 14.0. The van der Waals surface area contributed by atoms with E-state index in [2.05, 4.69) is 11.9 Å². The average Bonchev–Trinajstić information content (AvgIpc) is 2.35. The molecule has 1 atom stereocenters. The van der Waals surface area contributed by atoms with Crippen LogP contribution in [0.1, 0.15) is 18.4 Å². The van der Waals surface area contributed by atoms with Crippen molar-refractivity contribution in [1.82, 2.24) is 10.2 Å². The minimum atomic E-state index is -0.974. The molecular weight excluding hydrogens is 244 g/mol. The highest BCUT2D eigenvalue weighted by Gasteiger charge is 2.40. The number of barbiturate groups is 1. The van der Waals surface area contributed by atoms with Crippen LogP contribution in [-0.4, -0.2) is 29.3 Å². The lowest BCUT2D eigenvalue weighted by atomic mass is 9.95. The van der Waals surface area contributed by atoms with Crippen LogP contribution in [0.25, 0.3) is 0 Å². The summed E-state index contributed by atoms with van der Waals surface area (Å²) in [7, 11) is 0. The Morgan fingerprint density at radius 1 is 1.26 bits per heavy atom. The van der Waals surface area contributed by atoms with Crippen molar-refractivity contribution >= 4 is 17.8 Å². The molecule has 2 rings (SSSR count). The normalized spacial score (nSPS) is 19.3. The summed E-state index contributed by atoms with van der Waals surface area (Å²) in [4.78, 5) is 36.8. The maximum absolute atomic E-state index is 12.3. The third kappa shape index (κ3) is 2.54. The molecule has 1 N–H and O–H groups in total. The molecule has 19 heavy (non-hydrogen) atoms. The molecule has 1 fully saturated rings. The van der Waals surface area contributed by atoms with Crippen molar-refractivity contribution < 1.29 is 14.4 Å². The Morgan fingerprint density at radius 3 is 2.47 bits per heavy atom. The fraction of sp³-hybridized carbons (Fsp3) is 0.214. The van der Waals surface area contributed by atoms with Gasteiger partial charge in [0.25, 0.3) is 0 Å². The third-order valence-corrected chi connectivity index (χ3v) is 2.81. The summed E-state index contributed by atoms with van der Waals surface area (Å²) in [6.45, 7) is 5.51. The lowest BCUT2D eigenvalue weighted by molar-refractivity contribution is -0.138. The van der Waals surface area contributed by atoms with E-state index in [0.29, 0.717) is 11.1 Å². The Hall–Kier alpha value is -2.43. The molecule has 98 valence electrons. The second kappa shape index (κ2) is 5.06. The van der Waals surface area contributed by atoms with Gasteiger partial charge in [0.1, 0.15) is 5.92 Å². The van der Waals surface area contributed by atoms with E-state index in [1.165, 1.54) is 0 Å². The zero-order valence-corrected chi connectivity index (χ0v) is 10.6. The maximum Gasteiger partial charge on any atom is 0.331 e. The molecule has 0 aromatic heterocycles. The summed E-state index contributed by atoms with van der Waals surface area (Å²) < 4.78 is 0. The summed E-state index contributed by atoms with van der Waals surface area (Å²) in [5.41, 5.74) is 1.24. The van der Waals surface area contributed by atoms with Crippen molar-refractivity contribution in [2.24, 2.45) is 0 Å². The first-order valence-electron chi connectivity index (χ1n) is 5.86. The van der Waals surface area contributed by atoms with Crippen LogP contribution in [0.4, 0.5) is 4.79 Å². The van der Waals surface area contributed by atoms with Crippen LogP contribution in [0.15, 0.2) is 42.5 Å². The first-order chi connectivity index (χ1) is 9.00. The van der Waals surface area contributed by atoms with Crippen molar-refractivity contribution in [2.75, 3.05) is 6.54 Å². The molecular formula is C14H14N2O3. The predicted molar refractivity (Wildman–Crippen MR) is 69.2 cm³/mol. The van der Waals surface area contributed by atoms with Crippen LogP contribution >= 0.6 is 0 Å². The smallest absolute Gasteiger partial charge is 0.277 e. The average molecular weight is 258 g/mol. The molecule has 1 aromatic rings. The molecule has 1 aromatic carbocycles. The number of hydrogen-bond donors (Lipinski definition) is 1. The second-order valence-corrected chi connectivity index (χ2v) is 4.52. The Balaban J connectivity index is 2.33. The van der Waals surface area contributed by atoms with Crippen LogP contribution in [-0.2, 0) is 9.59 Å². The number of benzene rings is 1. The van der Waals surface area contributed by atoms with Crippen molar-refractivity contribution in [2.45, 2.75) is 12.8 Å². The highest BCUT2D eigenvalue weighted by molar-refractivity contribution is 6.19. The van der Waals surface area contributed by atoms with Crippen LogP contribution in [0.2, 0.25) is 0 Å². The van der Waals surface area contributed by atoms with E-state index in [0.717, 1.165) is 4.90 Å². The van der Waals surface area contributed by atoms with Crippen molar-refractivity contribution in [3.05, 3.63) is 48.0 Å². The van der Waals surface area contributed by atoms with E-state index in [1.54, 1.807) is 37.3 Å². The molecule has 0 saturated carbocycles. The number of rotatable bonds is 3. The molecule has 0 spiro atoms. The van der Waals surface area contributed by atoms with Gasteiger partial charge in [-0.2, -0.15) is 0 Å². The monoisotopic (exact) mass is 258 g/mol. The van der Waals surface area contributed by atoms with Gasteiger partial charge in [0.15, 0.2) is 0 Å².